The topological polar surface area (TPSA) is 57.6 Å². The molecule has 4 nitrogen and oxygen atoms in total. The van der Waals surface area contributed by atoms with Gasteiger partial charge in [0.05, 0.1) is 11.1 Å². The third kappa shape index (κ3) is 3.84. The Morgan fingerprint density at radius 2 is 1.52 bits per heavy atom. The summed E-state index contributed by atoms with van der Waals surface area (Å²) in [4.78, 5) is 26.2. The Hall–Kier alpha value is -1.84. The monoisotopic (exact) mass is 291 g/mol. The van der Waals surface area contributed by atoms with Gasteiger partial charge in [-0.1, -0.05) is 26.0 Å². The Labute approximate surface area is 126 Å². The fourth-order valence-corrected chi connectivity index (χ4v) is 2.43. The van der Waals surface area contributed by atoms with Crippen LogP contribution in [0.25, 0.3) is 0 Å². The van der Waals surface area contributed by atoms with Crippen molar-refractivity contribution >= 4 is 11.9 Å². The second kappa shape index (κ2) is 6.74. The number of carbonyl (C=O) groups is 2. The number of carboxylic acid groups (broad SMARTS) is 1. The van der Waals surface area contributed by atoms with E-state index in [9.17, 15) is 14.7 Å². The van der Waals surface area contributed by atoms with Crippen LogP contribution >= 0.6 is 0 Å². The number of amides is 1. The second-order valence-corrected chi connectivity index (χ2v) is 6.20. The highest BCUT2D eigenvalue weighted by Gasteiger charge is 2.27. The lowest BCUT2D eigenvalue weighted by molar-refractivity contribution is 0.0644. The van der Waals surface area contributed by atoms with Gasteiger partial charge in [0.1, 0.15) is 0 Å². The average Bonchev–Trinajstić information content (AvgIpc) is 2.36. The van der Waals surface area contributed by atoms with Gasteiger partial charge in [0.2, 0.25) is 0 Å². The van der Waals surface area contributed by atoms with Gasteiger partial charge in [-0.15, -0.1) is 0 Å². The normalized spacial score (nSPS) is 11.0. The van der Waals surface area contributed by atoms with Gasteiger partial charge in [-0.2, -0.15) is 0 Å². The summed E-state index contributed by atoms with van der Waals surface area (Å²) in [5.41, 5.74) is 1.76. The molecule has 0 saturated heterocycles. The fourth-order valence-electron chi connectivity index (χ4n) is 2.43. The molecule has 0 spiro atoms. The minimum atomic E-state index is -1.05. The van der Waals surface area contributed by atoms with E-state index in [0.717, 1.165) is 0 Å². The number of aryl methyl sites for hydroxylation is 2. The van der Waals surface area contributed by atoms with Gasteiger partial charge in [0.25, 0.3) is 5.91 Å². The van der Waals surface area contributed by atoms with Crippen molar-refractivity contribution in [3.05, 3.63) is 34.4 Å². The lowest BCUT2D eigenvalue weighted by Crippen LogP contribution is -2.40. The van der Waals surface area contributed by atoms with E-state index < -0.39 is 5.97 Å². The number of carbonyl (C=O) groups excluding carboxylic acids is 1. The molecule has 116 valence electrons. The van der Waals surface area contributed by atoms with Crippen molar-refractivity contribution in [3.63, 3.8) is 0 Å². The molecule has 0 aliphatic carbocycles. The molecule has 1 amide bonds. The van der Waals surface area contributed by atoms with Gasteiger partial charge in [0.15, 0.2) is 0 Å². The van der Waals surface area contributed by atoms with E-state index in [4.69, 9.17) is 0 Å². The summed E-state index contributed by atoms with van der Waals surface area (Å²) >= 11 is 0. The summed E-state index contributed by atoms with van der Waals surface area (Å²) in [5, 5.41) is 9.45. The minimum absolute atomic E-state index is 0.0291. The van der Waals surface area contributed by atoms with Gasteiger partial charge in [-0.25, -0.2) is 4.79 Å². The van der Waals surface area contributed by atoms with E-state index in [-0.39, 0.29) is 17.5 Å². The first-order chi connectivity index (χ1) is 9.66. The third-order valence-electron chi connectivity index (χ3n) is 3.50. The largest absolute Gasteiger partial charge is 0.478 e. The Morgan fingerprint density at radius 1 is 1.05 bits per heavy atom. The standard InChI is InChI=1S/C17H25NO3/c1-10(2)9-18(11(3)4)16(19)14-12(5)7-8-13(6)15(14)17(20)21/h7-8,10-11H,9H2,1-6H3,(H,20,21). The molecule has 0 unspecified atom stereocenters. The molecule has 0 fully saturated rings. The number of aromatic carboxylic acids is 1. The van der Waals surface area contributed by atoms with Crippen LogP contribution in [0.2, 0.25) is 0 Å². The fraction of sp³-hybridized carbons (Fsp3) is 0.529. The molecule has 0 bridgehead atoms. The van der Waals surface area contributed by atoms with Crippen molar-refractivity contribution in [2.24, 2.45) is 5.92 Å². The first kappa shape index (κ1) is 17.2. The quantitative estimate of drug-likeness (QED) is 0.903. The Balaban J connectivity index is 3.40. The van der Waals surface area contributed by atoms with Crippen molar-refractivity contribution in [2.75, 3.05) is 6.54 Å². The SMILES string of the molecule is Cc1ccc(C)c(C(=O)N(CC(C)C)C(C)C)c1C(=O)O. The van der Waals surface area contributed by atoms with E-state index in [1.165, 1.54) is 0 Å². The number of rotatable bonds is 5. The van der Waals surface area contributed by atoms with Crippen LogP contribution < -0.4 is 0 Å². The summed E-state index contributed by atoms with van der Waals surface area (Å²) in [6.07, 6.45) is 0. The minimum Gasteiger partial charge on any atom is -0.478 e. The molecule has 21 heavy (non-hydrogen) atoms. The average molecular weight is 291 g/mol. The maximum atomic E-state index is 12.9. The van der Waals surface area contributed by atoms with Crippen molar-refractivity contribution < 1.29 is 14.7 Å². The number of hydrogen-bond acceptors (Lipinski definition) is 2. The predicted molar refractivity (Wildman–Crippen MR) is 83.9 cm³/mol. The van der Waals surface area contributed by atoms with Gasteiger partial charge in [-0.3, -0.25) is 4.79 Å². The molecule has 1 rings (SSSR count). The van der Waals surface area contributed by atoms with E-state index >= 15 is 0 Å². The van der Waals surface area contributed by atoms with Gasteiger partial charge >= 0.3 is 5.97 Å². The molecule has 0 saturated carbocycles. The zero-order chi connectivity index (χ0) is 16.3. The summed E-state index contributed by atoms with van der Waals surface area (Å²) < 4.78 is 0. The van der Waals surface area contributed by atoms with Crippen LogP contribution in [-0.4, -0.2) is 34.5 Å². The molecule has 0 atom stereocenters. The molecule has 4 heteroatoms. The van der Waals surface area contributed by atoms with Crippen LogP contribution in [0.4, 0.5) is 0 Å². The van der Waals surface area contributed by atoms with Crippen LogP contribution in [-0.2, 0) is 0 Å². The summed E-state index contributed by atoms with van der Waals surface area (Å²) in [5.74, 6) is -0.917. The van der Waals surface area contributed by atoms with Crippen LogP contribution in [0.3, 0.4) is 0 Å². The van der Waals surface area contributed by atoms with Crippen molar-refractivity contribution in [1.29, 1.82) is 0 Å². The van der Waals surface area contributed by atoms with Gasteiger partial charge < -0.3 is 10.0 Å². The van der Waals surface area contributed by atoms with Crippen molar-refractivity contribution in [3.8, 4) is 0 Å². The van der Waals surface area contributed by atoms with Crippen LogP contribution in [0.5, 0.6) is 0 Å². The third-order valence-corrected chi connectivity index (χ3v) is 3.50. The molecular weight excluding hydrogens is 266 g/mol. The molecule has 0 aliphatic heterocycles. The summed E-state index contributed by atoms with van der Waals surface area (Å²) in [6.45, 7) is 12.1. The number of benzene rings is 1. The number of nitrogens with zero attached hydrogens (tertiary/aromatic N) is 1. The highest BCUT2D eigenvalue weighted by atomic mass is 16.4. The van der Waals surface area contributed by atoms with E-state index in [1.54, 1.807) is 24.8 Å². The molecule has 1 N–H and O–H groups in total. The molecule has 0 radical (unpaired) electrons. The molecule has 0 heterocycles. The zero-order valence-electron chi connectivity index (χ0n) is 13.7. The maximum absolute atomic E-state index is 12.9. The molecular formula is C17H25NO3. The van der Waals surface area contributed by atoms with Crippen molar-refractivity contribution in [1.82, 2.24) is 4.90 Å². The Morgan fingerprint density at radius 3 is 1.90 bits per heavy atom. The number of hydrogen-bond donors (Lipinski definition) is 1. The maximum Gasteiger partial charge on any atom is 0.336 e. The van der Waals surface area contributed by atoms with Gasteiger partial charge in [0, 0.05) is 12.6 Å². The summed E-state index contributed by atoms with van der Waals surface area (Å²) in [7, 11) is 0. The Bertz CT molecular complexity index is 547. The first-order valence-corrected chi connectivity index (χ1v) is 7.31. The lowest BCUT2D eigenvalue weighted by Gasteiger charge is -2.30. The van der Waals surface area contributed by atoms with Gasteiger partial charge in [-0.05, 0) is 44.7 Å². The van der Waals surface area contributed by atoms with E-state index in [1.807, 2.05) is 33.8 Å². The number of carboxylic acids is 1. The van der Waals surface area contributed by atoms with Crippen molar-refractivity contribution in [2.45, 2.75) is 47.6 Å². The lowest BCUT2D eigenvalue weighted by atomic mass is 9.95. The zero-order valence-corrected chi connectivity index (χ0v) is 13.7. The smallest absolute Gasteiger partial charge is 0.336 e. The summed E-state index contributed by atoms with van der Waals surface area (Å²) in [6, 6.07) is 3.59. The highest BCUT2D eigenvalue weighted by molar-refractivity contribution is 6.06. The molecule has 0 aliphatic rings. The molecule has 1 aromatic carbocycles. The second-order valence-electron chi connectivity index (χ2n) is 6.20. The highest BCUT2D eigenvalue weighted by Crippen LogP contribution is 2.22. The van der Waals surface area contributed by atoms with Crippen LogP contribution in [0.1, 0.15) is 59.5 Å². The Kier molecular flexibility index (Phi) is 5.53. The molecule has 0 aromatic heterocycles. The first-order valence-electron chi connectivity index (χ1n) is 7.31. The van der Waals surface area contributed by atoms with E-state index in [0.29, 0.717) is 29.2 Å². The van der Waals surface area contributed by atoms with Crippen LogP contribution in [0, 0.1) is 19.8 Å². The molecule has 1 aromatic rings. The van der Waals surface area contributed by atoms with Crippen LogP contribution in [0.15, 0.2) is 12.1 Å². The van der Waals surface area contributed by atoms with E-state index in [2.05, 4.69) is 0 Å². The predicted octanol–water partition coefficient (Wildman–Crippen LogP) is 3.51.